The van der Waals surface area contributed by atoms with Gasteiger partial charge in [-0.05, 0) is 69.4 Å². The third-order valence-electron chi connectivity index (χ3n) is 6.62. The maximum atomic E-state index is 13.1. The topological polar surface area (TPSA) is 235 Å². The molecule has 0 bridgehead atoms. The molecule has 1 aromatic carbocycles. The molecule has 1 aromatic rings. The van der Waals surface area contributed by atoms with Crippen molar-refractivity contribution in [3.63, 3.8) is 0 Å². The Balaban J connectivity index is 2.80. The van der Waals surface area contributed by atoms with Crippen molar-refractivity contribution in [3.8, 4) is 0 Å². The van der Waals surface area contributed by atoms with Gasteiger partial charge >= 0.3 is 5.97 Å². The molecular formula is C30H48FN7O7S. The lowest BCUT2D eigenvalue weighted by Gasteiger charge is -2.21. The van der Waals surface area contributed by atoms with Crippen molar-refractivity contribution in [2.24, 2.45) is 11.5 Å². The van der Waals surface area contributed by atoms with E-state index in [0.717, 1.165) is 0 Å². The lowest BCUT2D eigenvalue weighted by molar-refractivity contribution is -0.142. The SMILES string of the molecule is NCCCC[C@H](NC(=O)CNC(=O)[C@H](Cc1ccccc1)NC(=O)CNC(=O)[C@H](CCCCN)NC(=O)CSCCC[18F])C(=O)O. The Morgan fingerprint density at radius 2 is 1.24 bits per heavy atom. The molecule has 46 heavy (non-hydrogen) atoms. The highest BCUT2D eigenvalue weighted by Crippen LogP contribution is 2.06. The Kier molecular flexibility index (Phi) is 21.4. The standard InChI is InChI=1S/C30H48FN7O7S/c31-13-8-16-46-20-27(41)36-22(11-4-6-14-32)28(42)34-19-26(40)38-24(17-21-9-2-1-3-10-21)29(43)35-18-25(39)37-23(30(44)45)12-5-7-15-33/h1-3,9-10,22-24H,4-8,11-20,32-33H2,(H,34,42)(H,35,43)(H,36,41)(H,37,39)(H,38,40)(H,44,45)/t22-,23-,24-/m0/s1/i31-1. The number of carboxylic acid groups (broad SMARTS) is 1. The Morgan fingerprint density at radius 3 is 1.78 bits per heavy atom. The molecule has 0 saturated carbocycles. The van der Waals surface area contributed by atoms with E-state index in [9.17, 15) is 38.3 Å². The summed E-state index contributed by atoms with van der Waals surface area (Å²) in [6, 6.07) is 5.64. The molecule has 0 heterocycles. The molecule has 5 amide bonds. The second-order valence-corrected chi connectivity index (χ2v) is 11.6. The van der Waals surface area contributed by atoms with Crippen LogP contribution in [0.25, 0.3) is 0 Å². The van der Waals surface area contributed by atoms with Crippen LogP contribution in [0.1, 0.15) is 50.5 Å². The minimum absolute atomic E-state index is 0.0563. The smallest absolute Gasteiger partial charge is 0.326 e. The molecule has 10 N–H and O–H groups in total. The van der Waals surface area contributed by atoms with Gasteiger partial charge in [0, 0.05) is 6.42 Å². The van der Waals surface area contributed by atoms with E-state index in [4.69, 9.17) is 11.5 Å². The van der Waals surface area contributed by atoms with Crippen LogP contribution in [-0.2, 0) is 35.2 Å². The first-order valence-electron chi connectivity index (χ1n) is 15.3. The van der Waals surface area contributed by atoms with Crippen LogP contribution >= 0.6 is 11.8 Å². The van der Waals surface area contributed by atoms with Gasteiger partial charge in [0.1, 0.15) is 18.1 Å². The number of thioether (sulfide) groups is 1. The van der Waals surface area contributed by atoms with Crippen molar-refractivity contribution in [3.05, 3.63) is 35.9 Å². The van der Waals surface area contributed by atoms with Gasteiger partial charge in [0.05, 0.1) is 25.5 Å². The minimum atomic E-state index is -1.21. The lowest BCUT2D eigenvalue weighted by atomic mass is 10.1. The molecule has 16 heteroatoms. The lowest BCUT2D eigenvalue weighted by Crippen LogP contribution is -2.54. The number of nitrogens with one attached hydrogen (secondary N) is 5. The summed E-state index contributed by atoms with van der Waals surface area (Å²) >= 11 is 1.25. The van der Waals surface area contributed by atoms with E-state index >= 15 is 0 Å². The van der Waals surface area contributed by atoms with Gasteiger partial charge in [-0.3, -0.25) is 28.4 Å². The zero-order chi connectivity index (χ0) is 34.2. The predicted octanol–water partition coefficient (Wildman–Crippen LogP) is -0.649. The highest BCUT2D eigenvalue weighted by Gasteiger charge is 2.25. The van der Waals surface area contributed by atoms with Crippen LogP contribution in [0.4, 0.5) is 4.39 Å². The second kappa shape index (κ2) is 24.5. The number of aliphatic carboxylic acids is 1. The molecule has 258 valence electrons. The fourth-order valence-electron chi connectivity index (χ4n) is 4.20. The van der Waals surface area contributed by atoms with Gasteiger partial charge in [0.2, 0.25) is 29.5 Å². The van der Waals surface area contributed by atoms with E-state index in [2.05, 4.69) is 26.6 Å². The Hall–Kier alpha value is -3.76. The van der Waals surface area contributed by atoms with Crippen molar-refractivity contribution in [2.75, 3.05) is 44.4 Å². The highest BCUT2D eigenvalue weighted by molar-refractivity contribution is 7.99. The number of nitrogens with two attached hydrogens (primary N) is 2. The van der Waals surface area contributed by atoms with Gasteiger partial charge in [-0.15, -0.1) is 0 Å². The maximum Gasteiger partial charge on any atom is 0.326 e. The normalized spacial score (nSPS) is 12.7. The maximum absolute atomic E-state index is 13.1. The van der Waals surface area contributed by atoms with E-state index in [1.54, 1.807) is 30.3 Å². The minimum Gasteiger partial charge on any atom is -0.480 e. The number of hydrogen-bond donors (Lipinski definition) is 8. The molecule has 0 unspecified atom stereocenters. The van der Waals surface area contributed by atoms with Gasteiger partial charge in [0.25, 0.3) is 0 Å². The molecule has 0 aliphatic heterocycles. The van der Waals surface area contributed by atoms with Gasteiger partial charge < -0.3 is 43.2 Å². The van der Waals surface area contributed by atoms with Gasteiger partial charge in [0.15, 0.2) is 0 Å². The first kappa shape index (κ1) is 40.3. The largest absolute Gasteiger partial charge is 0.480 e. The van der Waals surface area contributed by atoms with E-state index in [0.29, 0.717) is 62.9 Å². The average Bonchev–Trinajstić information content (AvgIpc) is 3.03. The molecular weight excluding hydrogens is 620 g/mol. The summed E-state index contributed by atoms with van der Waals surface area (Å²) in [5.41, 5.74) is 11.7. The number of rotatable bonds is 25. The molecule has 14 nitrogen and oxygen atoms in total. The van der Waals surface area contributed by atoms with Crippen molar-refractivity contribution in [1.29, 1.82) is 0 Å². The average molecular weight is 669 g/mol. The number of unbranched alkanes of at least 4 members (excludes halogenated alkanes) is 2. The predicted molar refractivity (Wildman–Crippen MR) is 173 cm³/mol. The highest BCUT2D eigenvalue weighted by atomic mass is 32.2. The van der Waals surface area contributed by atoms with Gasteiger partial charge in [-0.25, -0.2) is 4.79 Å². The van der Waals surface area contributed by atoms with Gasteiger partial charge in [-0.2, -0.15) is 11.8 Å². The van der Waals surface area contributed by atoms with Crippen LogP contribution in [0.3, 0.4) is 0 Å². The van der Waals surface area contributed by atoms with Crippen molar-refractivity contribution < 1.29 is 38.3 Å². The Bertz CT molecular complexity index is 1100. The summed E-state index contributed by atoms with van der Waals surface area (Å²) in [5.74, 6) is -3.75. The Morgan fingerprint density at radius 1 is 0.717 bits per heavy atom. The fraction of sp³-hybridized carbons (Fsp3) is 0.600. The number of carboxylic acids is 1. The van der Waals surface area contributed by atoms with Gasteiger partial charge in [-0.1, -0.05) is 30.3 Å². The molecule has 0 spiro atoms. The summed E-state index contributed by atoms with van der Waals surface area (Å²) in [7, 11) is 0. The van der Waals surface area contributed by atoms with E-state index in [1.807, 2.05) is 0 Å². The number of halogens is 1. The molecule has 0 aliphatic carbocycles. The quantitative estimate of drug-likeness (QED) is 0.0613. The van der Waals surface area contributed by atoms with Crippen molar-refractivity contribution in [1.82, 2.24) is 26.6 Å². The molecule has 0 aromatic heterocycles. The Labute approximate surface area is 273 Å². The van der Waals surface area contributed by atoms with Crippen LogP contribution in [0.15, 0.2) is 30.3 Å². The zero-order valence-corrected chi connectivity index (χ0v) is 26.9. The number of carbonyl (C=O) groups is 6. The fourth-order valence-corrected chi connectivity index (χ4v) is 4.93. The summed E-state index contributed by atoms with van der Waals surface area (Å²) in [6.07, 6.45) is 3.17. The van der Waals surface area contributed by atoms with Crippen molar-refractivity contribution >= 4 is 47.3 Å². The molecule has 3 atom stereocenters. The number of carbonyl (C=O) groups excluding carboxylic acids is 5. The zero-order valence-electron chi connectivity index (χ0n) is 26.1. The molecule has 0 saturated heterocycles. The first-order valence-corrected chi connectivity index (χ1v) is 16.5. The monoisotopic (exact) mass is 668 g/mol. The third-order valence-corrected chi connectivity index (χ3v) is 7.66. The van der Waals surface area contributed by atoms with Crippen LogP contribution in [-0.4, -0.2) is 103 Å². The van der Waals surface area contributed by atoms with Crippen molar-refractivity contribution in [2.45, 2.75) is 69.5 Å². The molecule has 1 rings (SSSR count). The van der Waals surface area contributed by atoms with Crippen LogP contribution < -0.4 is 38.1 Å². The summed E-state index contributed by atoms with van der Waals surface area (Å²) < 4.78 is 12.3. The van der Waals surface area contributed by atoms with E-state index < -0.39 is 73.4 Å². The summed E-state index contributed by atoms with van der Waals surface area (Å²) in [5, 5.41) is 21.9. The third kappa shape index (κ3) is 18.3. The molecule has 0 aliphatic rings. The number of hydrogen-bond acceptors (Lipinski definition) is 9. The number of benzene rings is 1. The van der Waals surface area contributed by atoms with E-state index in [1.165, 1.54) is 11.8 Å². The molecule has 0 fully saturated rings. The number of amides is 5. The first-order chi connectivity index (χ1) is 22.1. The number of alkyl halides is 1. The van der Waals surface area contributed by atoms with E-state index in [-0.39, 0.29) is 18.6 Å². The van der Waals surface area contributed by atoms with Crippen LogP contribution in [0, 0.1) is 0 Å². The molecule has 0 radical (unpaired) electrons. The van der Waals surface area contributed by atoms with Crippen LogP contribution in [0.2, 0.25) is 0 Å². The summed E-state index contributed by atoms with van der Waals surface area (Å²) in [6.45, 7) is -0.690. The van der Waals surface area contributed by atoms with Crippen LogP contribution in [0.5, 0.6) is 0 Å². The summed E-state index contributed by atoms with van der Waals surface area (Å²) in [4.78, 5) is 75.0. The second-order valence-electron chi connectivity index (χ2n) is 10.5.